The summed E-state index contributed by atoms with van der Waals surface area (Å²) >= 11 is 0. The first-order chi connectivity index (χ1) is 12.1. The van der Waals surface area contributed by atoms with Gasteiger partial charge in [-0.05, 0) is 31.5 Å². The Morgan fingerprint density at radius 2 is 2.24 bits per heavy atom. The van der Waals surface area contributed by atoms with Crippen molar-refractivity contribution in [2.75, 3.05) is 13.7 Å². The van der Waals surface area contributed by atoms with Gasteiger partial charge in [-0.25, -0.2) is 0 Å². The molecule has 0 radical (unpaired) electrons. The Morgan fingerprint density at radius 1 is 1.40 bits per heavy atom. The Hall–Kier alpha value is -2.67. The number of rotatable bonds is 3. The van der Waals surface area contributed by atoms with Crippen LogP contribution in [0.1, 0.15) is 40.1 Å². The summed E-state index contributed by atoms with van der Waals surface area (Å²) in [7, 11) is 1.66. The number of aryl methyl sites for hydroxylation is 2. The first-order valence-corrected chi connectivity index (χ1v) is 8.28. The number of hydrogen-bond acceptors (Lipinski definition) is 5. The number of hydrogen-bond donors (Lipinski definition) is 0. The molecule has 130 valence electrons. The minimum atomic E-state index is -0.261. The molecule has 3 aromatic heterocycles. The van der Waals surface area contributed by atoms with Gasteiger partial charge in [0.2, 0.25) is 5.89 Å². The number of carbonyl (C=O) groups is 1. The molecular formula is C18H20N4O3. The predicted molar refractivity (Wildman–Crippen MR) is 90.4 cm³/mol. The van der Waals surface area contributed by atoms with Gasteiger partial charge in [-0.1, -0.05) is 11.2 Å². The molecular weight excluding hydrogens is 320 g/mol. The monoisotopic (exact) mass is 340 g/mol. The van der Waals surface area contributed by atoms with Gasteiger partial charge in [0.25, 0.3) is 5.91 Å². The maximum Gasteiger partial charge on any atom is 0.256 e. The summed E-state index contributed by atoms with van der Waals surface area (Å²) in [4.78, 5) is 19.2. The van der Waals surface area contributed by atoms with Crippen LogP contribution in [0.25, 0.3) is 5.52 Å². The fourth-order valence-corrected chi connectivity index (χ4v) is 3.44. The van der Waals surface area contributed by atoms with Crippen molar-refractivity contribution in [3.8, 4) is 0 Å². The second-order valence-electron chi connectivity index (χ2n) is 6.46. The highest BCUT2D eigenvalue weighted by molar-refractivity contribution is 5.96. The highest BCUT2D eigenvalue weighted by atomic mass is 16.5. The fraction of sp³-hybridized carbons (Fsp3) is 0.389. The van der Waals surface area contributed by atoms with E-state index < -0.39 is 0 Å². The lowest BCUT2D eigenvalue weighted by Gasteiger charge is -2.21. The number of nitrogens with zero attached hydrogens (tertiary/aromatic N) is 4. The molecule has 0 N–H and O–H groups in total. The predicted octanol–water partition coefficient (Wildman–Crippen LogP) is 2.54. The van der Waals surface area contributed by atoms with Gasteiger partial charge in [0.05, 0.1) is 11.7 Å². The van der Waals surface area contributed by atoms with Crippen molar-refractivity contribution in [1.29, 1.82) is 0 Å². The molecule has 0 unspecified atom stereocenters. The number of ether oxygens (including phenoxy) is 1. The van der Waals surface area contributed by atoms with Crippen molar-refractivity contribution in [1.82, 2.24) is 19.4 Å². The van der Waals surface area contributed by atoms with Gasteiger partial charge in [0, 0.05) is 38.0 Å². The molecule has 1 aliphatic heterocycles. The Morgan fingerprint density at radius 3 is 2.92 bits per heavy atom. The molecule has 0 aromatic carbocycles. The maximum atomic E-state index is 13.1. The highest BCUT2D eigenvalue weighted by Crippen LogP contribution is 2.34. The first-order valence-electron chi connectivity index (χ1n) is 8.28. The third-order valence-electron chi connectivity index (χ3n) is 4.78. The van der Waals surface area contributed by atoms with Crippen LogP contribution in [0.4, 0.5) is 0 Å². The zero-order valence-corrected chi connectivity index (χ0v) is 14.5. The quantitative estimate of drug-likeness (QED) is 0.732. The van der Waals surface area contributed by atoms with Crippen molar-refractivity contribution < 1.29 is 14.1 Å². The van der Waals surface area contributed by atoms with Crippen LogP contribution in [-0.2, 0) is 4.74 Å². The zero-order valence-electron chi connectivity index (χ0n) is 14.5. The van der Waals surface area contributed by atoms with E-state index in [0.29, 0.717) is 30.2 Å². The molecule has 7 nitrogen and oxygen atoms in total. The maximum absolute atomic E-state index is 13.1. The third-order valence-corrected chi connectivity index (χ3v) is 4.78. The van der Waals surface area contributed by atoms with Gasteiger partial charge >= 0.3 is 0 Å². The van der Waals surface area contributed by atoms with Crippen LogP contribution >= 0.6 is 0 Å². The summed E-state index contributed by atoms with van der Waals surface area (Å²) in [6, 6.07) is 5.67. The normalized spacial score (nSPS) is 20.5. The van der Waals surface area contributed by atoms with Gasteiger partial charge in [-0.2, -0.15) is 4.98 Å². The van der Waals surface area contributed by atoms with Crippen LogP contribution < -0.4 is 0 Å². The van der Waals surface area contributed by atoms with Crippen LogP contribution in [0.15, 0.2) is 35.1 Å². The molecule has 0 saturated carbocycles. The van der Waals surface area contributed by atoms with E-state index in [-0.39, 0.29) is 18.1 Å². The summed E-state index contributed by atoms with van der Waals surface area (Å²) in [6.07, 6.45) is 4.41. The Labute approximate surface area is 145 Å². The molecule has 1 aliphatic rings. The van der Waals surface area contributed by atoms with Crippen molar-refractivity contribution >= 4 is 11.4 Å². The number of aromatic nitrogens is 3. The Balaban J connectivity index is 1.69. The SMILES string of the molecule is CO[C@H]1C[C@H](c2nc(C)no2)N(C(=O)c2cc3c(C)cccn3c2)C1. The van der Waals surface area contributed by atoms with Crippen LogP contribution in [-0.4, -0.2) is 45.1 Å². The summed E-state index contributed by atoms with van der Waals surface area (Å²) in [5.41, 5.74) is 2.80. The van der Waals surface area contributed by atoms with Gasteiger partial charge in [-0.15, -0.1) is 0 Å². The Bertz CT molecular complexity index is 929. The third kappa shape index (κ3) is 2.70. The molecule has 1 fully saturated rings. The lowest BCUT2D eigenvalue weighted by atomic mass is 10.2. The van der Waals surface area contributed by atoms with E-state index in [1.165, 1.54) is 0 Å². The molecule has 0 spiro atoms. The second kappa shape index (κ2) is 6.00. The fourth-order valence-electron chi connectivity index (χ4n) is 3.44. The van der Waals surface area contributed by atoms with Crippen molar-refractivity contribution in [2.45, 2.75) is 32.4 Å². The summed E-state index contributed by atoms with van der Waals surface area (Å²) in [6.45, 7) is 4.31. The lowest BCUT2D eigenvalue weighted by Crippen LogP contribution is -2.32. The van der Waals surface area contributed by atoms with Crippen LogP contribution in [0.5, 0.6) is 0 Å². The number of likely N-dealkylation sites (tertiary alicyclic amines) is 1. The van der Waals surface area contributed by atoms with E-state index in [0.717, 1.165) is 11.1 Å². The van der Waals surface area contributed by atoms with Gasteiger partial charge in [-0.3, -0.25) is 4.79 Å². The van der Waals surface area contributed by atoms with E-state index in [1.807, 2.05) is 41.9 Å². The van der Waals surface area contributed by atoms with Crippen molar-refractivity contribution in [3.05, 3.63) is 53.4 Å². The van der Waals surface area contributed by atoms with Gasteiger partial charge in [0.1, 0.15) is 6.04 Å². The number of pyridine rings is 1. The van der Waals surface area contributed by atoms with Crippen molar-refractivity contribution in [3.63, 3.8) is 0 Å². The molecule has 25 heavy (non-hydrogen) atoms. The number of amides is 1. The Kier molecular flexibility index (Phi) is 3.80. The minimum Gasteiger partial charge on any atom is -0.380 e. The number of methoxy groups -OCH3 is 1. The minimum absolute atomic E-state index is 0.0417. The average Bonchev–Trinajstić information content (AvgIpc) is 3.31. The van der Waals surface area contributed by atoms with E-state index >= 15 is 0 Å². The molecule has 0 bridgehead atoms. The van der Waals surface area contributed by atoms with E-state index in [2.05, 4.69) is 10.1 Å². The first kappa shape index (κ1) is 15.8. The summed E-state index contributed by atoms with van der Waals surface area (Å²) < 4.78 is 12.8. The molecule has 1 amide bonds. The standard InChI is InChI=1S/C18H20N4O3/c1-11-5-4-6-21-9-13(7-15(11)21)18(23)22-10-14(24-3)8-16(22)17-19-12(2)20-25-17/h4-7,9,14,16H,8,10H2,1-3H3/t14-,16+/m0/s1. The van der Waals surface area contributed by atoms with Crippen LogP contribution in [0.2, 0.25) is 0 Å². The summed E-state index contributed by atoms with van der Waals surface area (Å²) in [5, 5.41) is 3.86. The number of carbonyl (C=O) groups excluding carboxylic acids is 1. The number of fused-ring (bicyclic) bond motifs is 1. The lowest BCUT2D eigenvalue weighted by molar-refractivity contribution is 0.0671. The highest BCUT2D eigenvalue weighted by Gasteiger charge is 2.40. The second-order valence-corrected chi connectivity index (χ2v) is 6.46. The molecule has 0 aliphatic carbocycles. The van der Waals surface area contributed by atoms with Gasteiger partial charge in [0.15, 0.2) is 5.82 Å². The molecule has 2 atom stereocenters. The summed E-state index contributed by atoms with van der Waals surface area (Å²) in [5.74, 6) is 0.974. The molecule has 1 saturated heterocycles. The van der Waals surface area contributed by atoms with Gasteiger partial charge < -0.3 is 18.6 Å². The van der Waals surface area contributed by atoms with Crippen LogP contribution in [0, 0.1) is 13.8 Å². The van der Waals surface area contributed by atoms with Crippen molar-refractivity contribution in [2.24, 2.45) is 0 Å². The van der Waals surface area contributed by atoms with E-state index in [4.69, 9.17) is 9.26 Å². The zero-order chi connectivity index (χ0) is 17.6. The smallest absolute Gasteiger partial charge is 0.256 e. The van der Waals surface area contributed by atoms with E-state index in [9.17, 15) is 4.79 Å². The largest absolute Gasteiger partial charge is 0.380 e. The molecule has 4 heterocycles. The molecule has 7 heteroatoms. The molecule has 3 aromatic rings. The van der Waals surface area contributed by atoms with E-state index in [1.54, 1.807) is 18.9 Å². The average molecular weight is 340 g/mol. The van der Waals surface area contributed by atoms with Crippen LogP contribution in [0.3, 0.4) is 0 Å². The topological polar surface area (TPSA) is 72.9 Å². The molecule has 4 rings (SSSR count).